The van der Waals surface area contributed by atoms with E-state index in [1.54, 1.807) is 0 Å². The van der Waals surface area contributed by atoms with Crippen molar-refractivity contribution in [1.29, 1.82) is 0 Å². The first-order chi connectivity index (χ1) is 8.10. The second-order valence-corrected chi connectivity index (χ2v) is 4.36. The van der Waals surface area contributed by atoms with Crippen LogP contribution in [-0.4, -0.2) is 17.6 Å². The van der Waals surface area contributed by atoms with Crippen molar-refractivity contribution in [3.05, 3.63) is 17.0 Å². The molecule has 4 nitrogen and oxygen atoms in total. The van der Waals surface area contributed by atoms with Crippen molar-refractivity contribution in [2.45, 2.75) is 47.0 Å². The van der Waals surface area contributed by atoms with Gasteiger partial charge in [0.05, 0.1) is 5.69 Å². The van der Waals surface area contributed by atoms with Crippen LogP contribution < -0.4 is 5.32 Å². The predicted molar refractivity (Wildman–Crippen MR) is 66.8 cm³/mol. The Morgan fingerprint density at radius 1 is 1.35 bits per heavy atom. The van der Waals surface area contributed by atoms with Crippen LogP contribution in [0.5, 0.6) is 0 Å². The van der Waals surface area contributed by atoms with E-state index in [9.17, 15) is 4.79 Å². The van der Waals surface area contributed by atoms with Crippen LogP contribution in [0.15, 0.2) is 4.52 Å². The summed E-state index contributed by atoms with van der Waals surface area (Å²) < 4.78 is 5.08. The molecule has 0 spiro atoms. The van der Waals surface area contributed by atoms with E-state index in [0.717, 1.165) is 36.3 Å². The number of hydrogen-bond acceptors (Lipinski definition) is 3. The fourth-order valence-corrected chi connectivity index (χ4v) is 1.97. The van der Waals surface area contributed by atoms with Crippen LogP contribution in [0.3, 0.4) is 0 Å². The highest BCUT2D eigenvalue weighted by Gasteiger charge is 2.14. The lowest BCUT2D eigenvalue weighted by molar-refractivity contribution is -0.125. The van der Waals surface area contributed by atoms with Crippen molar-refractivity contribution >= 4 is 5.91 Å². The second kappa shape index (κ2) is 6.42. The first-order valence-corrected chi connectivity index (χ1v) is 6.29. The van der Waals surface area contributed by atoms with Gasteiger partial charge < -0.3 is 9.84 Å². The lowest BCUT2D eigenvalue weighted by atomic mass is 10.0. The number of nitrogens with one attached hydrogen (secondary N) is 1. The summed E-state index contributed by atoms with van der Waals surface area (Å²) >= 11 is 0. The molecule has 0 fully saturated rings. The van der Waals surface area contributed by atoms with Gasteiger partial charge in [-0.05, 0) is 33.1 Å². The van der Waals surface area contributed by atoms with Crippen molar-refractivity contribution in [2.24, 2.45) is 5.92 Å². The average molecular weight is 238 g/mol. The normalized spacial score (nSPS) is 10.9. The largest absolute Gasteiger partial charge is 0.361 e. The zero-order valence-corrected chi connectivity index (χ0v) is 11.2. The van der Waals surface area contributed by atoms with Crippen LogP contribution in [0.1, 0.15) is 43.7 Å². The van der Waals surface area contributed by atoms with E-state index in [4.69, 9.17) is 4.52 Å². The van der Waals surface area contributed by atoms with Crippen molar-refractivity contribution in [3.63, 3.8) is 0 Å². The molecule has 0 aliphatic carbocycles. The third kappa shape index (κ3) is 3.58. The molecule has 0 aromatic carbocycles. The molecule has 1 aromatic heterocycles. The molecule has 0 bridgehead atoms. The summed E-state index contributed by atoms with van der Waals surface area (Å²) in [5.41, 5.74) is 2.02. The Morgan fingerprint density at radius 3 is 2.47 bits per heavy atom. The van der Waals surface area contributed by atoms with E-state index >= 15 is 0 Å². The fraction of sp³-hybridized carbons (Fsp3) is 0.692. The lowest BCUT2D eigenvalue weighted by Crippen LogP contribution is -2.31. The second-order valence-electron chi connectivity index (χ2n) is 4.36. The van der Waals surface area contributed by atoms with Gasteiger partial charge in [-0.15, -0.1) is 0 Å². The van der Waals surface area contributed by atoms with E-state index in [2.05, 4.69) is 10.5 Å². The van der Waals surface area contributed by atoms with Gasteiger partial charge >= 0.3 is 0 Å². The Balaban J connectivity index is 2.40. The molecule has 0 radical (unpaired) electrons. The lowest BCUT2D eigenvalue weighted by Gasteiger charge is -2.12. The highest BCUT2D eigenvalue weighted by atomic mass is 16.5. The number of aromatic nitrogens is 1. The molecule has 1 heterocycles. The molecule has 0 saturated heterocycles. The van der Waals surface area contributed by atoms with Crippen LogP contribution >= 0.6 is 0 Å². The summed E-state index contributed by atoms with van der Waals surface area (Å²) in [7, 11) is 0. The molecule has 0 unspecified atom stereocenters. The summed E-state index contributed by atoms with van der Waals surface area (Å²) in [5, 5.41) is 6.86. The third-order valence-corrected chi connectivity index (χ3v) is 3.21. The van der Waals surface area contributed by atoms with E-state index in [0.29, 0.717) is 6.54 Å². The van der Waals surface area contributed by atoms with Crippen molar-refractivity contribution in [3.8, 4) is 0 Å². The van der Waals surface area contributed by atoms with Gasteiger partial charge in [0.15, 0.2) is 0 Å². The molecule has 17 heavy (non-hydrogen) atoms. The van der Waals surface area contributed by atoms with E-state index in [1.807, 2.05) is 27.7 Å². The first kappa shape index (κ1) is 13.7. The quantitative estimate of drug-likeness (QED) is 0.828. The minimum atomic E-state index is 0.139. The van der Waals surface area contributed by atoms with Gasteiger partial charge in [-0.3, -0.25) is 4.79 Å². The summed E-state index contributed by atoms with van der Waals surface area (Å²) in [6.07, 6.45) is 2.58. The molecule has 1 N–H and O–H groups in total. The summed E-state index contributed by atoms with van der Waals surface area (Å²) in [5.74, 6) is 1.14. The molecule has 0 aliphatic rings. The van der Waals surface area contributed by atoms with Gasteiger partial charge in [0, 0.05) is 18.0 Å². The zero-order valence-electron chi connectivity index (χ0n) is 11.2. The van der Waals surface area contributed by atoms with Gasteiger partial charge in [0.25, 0.3) is 0 Å². The van der Waals surface area contributed by atoms with Crippen LogP contribution in [0.2, 0.25) is 0 Å². The van der Waals surface area contributed by atoms with Crippen molar-refractivity contribution in [1.82, 2.24) is 10.5 Å². The number of rotatable bonds is 6. The molecule has 96 valence electrons. The Bertz CT molecular complexity index is 348. The van der Waals surface area contributed by atoms with E-state index < -0.39 is 0 Å². The highest BCUT2D eigenvalue weighted by molar-refractivity contribution is 5.78. The molecule has 1 aromatic rings. The topological polar surface area (TPSA) is 55.1 Å². The maximum absolute atomic E-state index is 11.8. The number of hydrogen-bond donors (Lipinski definition) is 1. The number of carbonyl (C=O) groups excluding carboxylic acids is 1. The van der Waals surface area contributed by atoms with E-state index in [-0.39, 0.29) is 11.8 Å². The number of aryl methyl sites for hydroxylation is 2. The van der Waals surface area contributed by atoms with Crippen molar-refractivity contribution in [2.75, 3.05) is 6.54 Å². The van der Waals surface area contributed by atoms with Crippen LogP contribution in [0.4, 0.5) is 0 Å². The first-order valence-electron chi connectivity index (χ1n) is 6.29. The number of nitrogens with zero attached hydrogens (tertiary/aromatic N) is 1. The molecule has 0 aliphatic heterocycles. The van der Waals surface area contributed by atoms with Gasteiger partial charge in [-0.1, -0.05) is 19.0 Å². The smallest absolute Gasteiger partial charge is 0.223 e. The molecule has 4 heteroatoms. The molecule has 1 rings (SSSR count). The highest BCUT2D eigenvalue weighted by Crippen LogP contribution is 2.12. The monoisotopic (exact) mass is 238 g/mol. The van der Waals surface area contributed by atoms with Gasteiger partial charge in [0.1, 0.15) is 5.76 Å². The van der Waals surface area contributed by atoms with Gasteiger partial charge in [-0.25, -0.2) is 0 Å². The third-order valence-electron chi connectivity index (χ3n) is 3.21. The van der Waals surface area contributed by atoms with Gasteiger partial charge in [-0.2, -0.15) is 0 Å². The van der Waals surface area contributed by atoms with Crippen molar-refractivity contribution < 1.29 is 9.32 Å². The Hall–Kier alpha value is -1.32. The number of amides is 1. The molecular formula is C13H22N2O2. The Kier molecular flexibility index (Phi) is 5.19. The Labute approximate surface area is 103 Å². The molecular weight excluding hydrogens is 216 g/mol. The number of carbonyl (C=O) groups is 1. The predicted octanol–water partition coefficient (Wildman–Crippen LogP) is 2.39. The van der Waals surface area contributed by atoms with E-state index in [1.165, 1.54) is 0 Å². The molecule has 1 amide bonds. The van der Waals surface area contributed by atoms with Crippen LogP contribution in [-0.2, 0) is 11.2 Å². The summed E-state index contributed by atoms with van der Waals surface area (Å²) in [6, 6.07) is 0. The minimum absolute atomic E-state index is 0.139. The van der Waals surface area contributed by atoms with Crippen LogP contribution in [0, 0.1) is 19.8 Å². The molecule has 0 atom stereocenters. The maximum Gasteiger partial charge on any atom is 0.223 e. The SMILES string of the molecule is CCC(CC)C(=O)NCCc1c(C)noc1C. The zero-order chi connectivity index (χ0) is 12.8. The standard InChI is InChI=1S/C13H22N2O2/c1-5-11(6-2)13(16)14-8-7-12-9(3)15-17-10(12)4/h11H,5-8H2,1-4H3,(H,14,16). The average Bonchev–Trinajstić information content (AvgIpc) is 2.62. The van der Waals surface area contributed by atoms with Gasteiger partial charge in [0.2, 0.25) is 5.91 Å². The maximum atomic E-state index is 11.8. The summed E-state index contributed by atoms with van der Waals surface area (Å²) in [6.45, 7) is 8.56. The fourth-order valence-electron chi connectivity index (χ4n) is 1.97. The minimum Gasteiger partial charge on any atom is -0.361 e. The summed E-state index contributed by atoms with van der Waals surface area (Å²) in [4.78, 5) is 11.8. The Morgan fingerprint density at radius 2 is 2.00 bits per heavy atom. The van der Waals surface area contributed by atoms with Crippen LogP contribution in [0.25, 0.3) is 0 Å². The molecule has 0 saturated carbocycles.